The Morgan fingerprint density at radius 2 is 2.26 bits per heavy atom. The number of aromatic amines is 1. The van der Waals surface area contributed by atoms with Crippen molar-refractivity contribution in [3.05, 3.63) is 34.9 Å². The SMILES string of the molecule is CC(C)c1[nH]nc(C(=O)Nc2ccnc(Cl)c2)c1N. The second kappa shape index (κ2) is 5.27. The molecule has 0 aliphatic carbocycles. The first-order valence-corrected chi connectivity index (χ1v) is 6.13. The third-order valence-electron chi connectivity index (χ3n) is 2.61. The highest BCUT2D eigenvalue weighted by molar-refractivity contribution is 6.29. The molecule has 0 aliphatic rings. The molecule has 2 heterocycles. The second-order valence-electron chi connectivity index (χ2n) is 4.38. The van der Waals surface area contributed by atoms with Gasteiger partial charge in [-0.15, -0.1) is 0 Å². The fraction of sp³-hybridized carbons (Fsp3) is 0.250. The van der Waals surface area contributed by atoms with Gasteiger partial charge in [0.15, 0.2) is 5.69 Å². The number of H-pyrrole nitrogens is 1. The summed E-state index contributed by atoms with van der Waals surface area (Å²) < 4.78 is 0. The lowest BCUT2D eigenvalue weighted by atomic mass is 10.1. The molecule has 2 aromatic heterocycles. The number of anilines is 2. The van der Waals surface area contributed by atoms with Crippen molar-refractivity contribution in [2.24, 2.45) is 0 Å². The molecule has 0 bridgehead atoms. The summed E-state index contributed by atoms with van der Waals surface area (Å²) in [6.07, 6.45) is 1.51. The zero-order valence-electron chi connectivity index (χ0n) is 10.6. The maximum absolute atomic E-state index is 12.0. The predicted octanol–water partition coefficient (Wildman–Crippen LogP) is 2.42. The summed E-state index contributed by atoms with van der Waals surface area (Å²) in [5.74, 6) is -0.215. The molecule has 4 N–H and O–H groups in total. The minimum absolute atomic E-state index is 0.171. The summed E-state index contributed by atoms with van der Waals surface area (Å²) in [5, 5.41) is 9.69. The minimum Gasteiger partial charge on any atom is -0.395 e. The predicted molar refractivity (Wildman–Crippen MR) is 74.3 cm³/mol. The van der Waals surface area contributed by atoms with E-state index in [9.17, 15) is 4.79 Å². The van der Waals surface area contributed by atoms with E-state index in [1.165, 1.54) is 6.20 Å². The summed E-state index contributed by atoms with van der Waals surface area (Å²) in [5.41, 5.74) is 7.73. The number of rotatable bonds is 3. The second-order valence-corrected chi connectivity index (χ2v) is 4.76. The van der Waals surface area contributed by atoms with E-state index in [2.05, 4.69) is 20.5 Å². The molecule has 100 valence electrons. The highest BCUT2D eigenvalue weighted by Gasteiger charge is 2.18. The molecule has 0 saturated heterocycles. The van der Waals surface area contributed by atoms with Crippen LogP contribution in [0.1, 0.15) is 35.9 Å². The first kappa shape index (κ1) is 13.4. The van der Waals surface area contributed by atoms with Gasteiger partial charge in [0.1, 0.15) is 5.15 Å². The van der Waals surface area contributed by atoms with Crippen LogP contribution in [-0.2, 0) is 0 Å². The number of hydrogen-bond donors (Lipinski definition) is 3. The fourth-order valence-electron chi connectivity index (χ4n) is 1.65. The van der Waals surface area contributed by atoms with Crippen LogP contribution < -0.4 is 11.1 Å². The number of halogens is 1. The number of nitrogens with one attached hydrogen (secondary N) is 2. The average Bonchev–Trinajstić information content (AvgIpc) is 2.71. The smallest absolute Gasteiger partial charge is 0.278 e. The number of nitrogens with two attached hydrogens (primary N) is 1. The molecule has 0 unspecified atom stereocenters. The van der Waals surface area contributed by atoms with Gasteiger partial charge in [-0.1, -0.05) is 25.4 Å². The quantitative estimate of drug-likeness (QED) is 0.752. The van der Waals surface area contributed by atoms with Crippen molar-refractivity contribution in [3.63, 3.8) is 0 Å². The van der Waals surface area contributed by atoms with E-state index in [4.69, 9.17) is 17.3 Å². The molecule has 0 aliphatic heterocycles. The monoisotopic (exact) mass is 279 g/mol. The molecule has 0 aromatic carbocycles. The third-order valence-corrected chi connectivity index (χ3v) is 2.82. The van der Waals surface area contributed by atoms with Crippen molar-refractivity contribution >= 4 is 28.9 Å². The molecule has 7 heteroatoms. The summed E-state index contributed by atoms with van der Waals surface area (Å²) in [7, 11) is 0. The molecule has 0 atom stereocenters. The number of carbonyl (C=O) groups excluding carboxylic acids is 1. The Labute approximate surface area is 115 Å². The third kappa shape index (κ3) is 2.85. The van der Waals surface area contributed by atoms with Crippen LogP contribution in [0.15, 0.2) is 18.3 Å². The Morgan fingerprint density at radius 3 is 2.84 bits per heavy atom. The lowest BCUT2D eigenvalue weighted by Gasteiger charge is -2.05. The maximum atomic E-state index is 12.0. The van der Waals surface area contributed by atoms with Gasteiger partial charge >= 0.3 is 0 Å². The molecular formula is C12H14ClN5O. The molecule has 2 aromatic rings. The number of nitrogens with zero attached hydrogens (tertiary/aromatic N) is 2. The van der Waals surface area contributed by atoms with Crippen LogP contribution in [-0.4, -0.2) is 21.1 Å². The van der Waals surface area contributed by atoms with Crippen LogP contribution in [0.25, 0.3) is 0 Å². The van der Waals surface area contributed by atoms with Gasteiger partial charge in [0.25, 0.3) is 5.91 Å². The molecule has 0 spiro atoms. The van der Waals surface area contributed by atoms with Crippen molar-refractivity contribution < 1.29 is 4.79 Å². The van der Waals surface area contributed by atoms with E-state index in [0.717, 1.165) is 5.69 Å². The van der Waals surface area contributed by atoms with Gasteiger partial charge < -0.3 is 11.1 Å². The van der Waals surface area contributed by atoms with Gasteiger partial charge in [-0.2, -0.15) is 5.10 Å². The zero-order chi connectivity index (χ0) is 14.0. The molecule has 0 radical (unpaired) electrons. The highest BCUT2D eigenvalue weighted by atomic mass is 35.5. The number of carbonyl (C=O) groups is 1. The summed E-state index contributed by atoms with van der Waals surface area (Å²) in [4.78, 5) is 15.9. The van der Waals surface area contributed by atoms with Gasteiger partial charge in [-0.25, -0.2) is 4.98 Å². The number of nitrogen functional groups attached to an aromatic ring is 1. The lowest BCUT2D eigenvalue weighted by Crippen LogP contribution is -2.14. The number of pyridine rings is 1. The summed E-state index contributed by atoms with van der Waals surface area (Å²) in [6.45, 7) is 3.93. The Morgan fingerprint density at radius 1 is 1.53 bits per heavy atom. The van der Waals surface area contributed by atoms with Crippen molar-refractivity contribution in [3.8, 4) is 0 Å². The number of hydrogen-bond acceptors (Lipinski definition) is 4. The highest BCUT2D eigenvalue weighted by Crippen LogP contribution is 2.23. The zero-order valence-corrected chi connectivity index (χ0v) is 11.3. The van der Waals surface area contributed by atoms with E-state index in [0.29, 0.717) is 16.5 Å². The average molecular weight is 280 g/mol. The minimum atomic E-state index is -0.386. The normalized spacial score (nSPS) is 10.7. The standard InChI is InChI=1S/C12H14ClN5O/c1-6(2)10-9(14)11(18-17-10)12(19)16-7-3-4-15-8(13)5-7/h3-6H,14H2,1-2H3,(H,17,18)(H,15,16,19). The van der Waals surface area contributed by atoms with Gasteiger partial charge in [0, 0.05) is 11.9 Å². The molecule has 1 amide bonds. The van der Waals surface area contributed by atoms with Crippen molar-refractivity contribution in [1.82, 2.24) is 15.2 Å². The topological polar surface area (TPSA) is 96.7 Å². The number of aromatic nitrogens is 3. The van der Waals surface area contributed by atoms with Crippen molar-refractivity contribution in [2.45, 2.75) is 19.8 Å². The van der Waals surface area contributed by atoms with Crippen molar-refractivity contribution in [1.29, 1.82) is 0 Å². The van der Waals surface area contributed by atoms with E-state index in [-0.39, 0.29) is 17.5 Å². The molecule has 2 rings (SSSR count). The maximum Gasteiger partial charge on any atom is 0.278 e. The van der Waals surface area contributed by atoms with Crippen LogP contribution in [0.5, 0.6) is 0 Å². The summed E-state index contributed by atoms with van der Waals surface area (Å²) in [6, 6.07) is 3.18. The Balaban J connectivity index is 2.21. The van der Waals surface area contributed by atoms with Crippen LogP contribution in [0.3, 0.4) is 0 Å². The Hall–Kier alpha value is -2.08. The van der Waals surface area contributed by atoms with Gasteiger partial charge in [-0.05, 0) is 18.1 Å². The molecule has 6 nitrogen and oxygen atoms in total. The van der Waals surface area contributed by atoms with Gasteiger partial charge in [-0.3, -0.25) is 9.89 Å². The Bertz CT molecular complexity index is 608. The van der Waals surface area contributed by atoms with Crippen LogP contribution in [0.2, 0.25) is 5.15 Å². The Kier molecular flexibility index (Phi) is 3.71. The first-order chi connectivity index (χ1) is 8.99. The molecule has 19 heavy (non-hydrogen) atoms. The van der Waals surface area contributed by atoms with E-state index < -0.39 is 0 Å². The van der Waals surface area contributed by atoms with E-state index in [1.807, 2.05) is 13.8 Å². The number of amides is 1. The molecule has 0 fully saturated rings. The fourth-order valence-corrected chi connectivity index (χ4v) is 1.82. The largest absolute Gasteiger partial charge is 0.395 e. The van der Waals surface area contributed by atoms with Crippen LogP contribution >= 0.6 is 11.6 Å². The lowest BCUT2D eigenvalue weighted by molar-refractivity contribution is 0.102. The van der Waals surface area contributed by atoms with E-state index in [1.54, 1.807) is 12.1 Å². The molecular weight excluding hydrogens is 266 g/mol. The van der Waals surface area contributed by atoms with Crippen LogP contribution in [0, 0.1) is 0 Å². The first-order valence-electron chi connectivity index (χ1n) is 5.75. The molecule has 0 saturated carbocycles. The van der Waals surface area contributed by atoms with E-state index >= 15 is 0 Å². The van der Waals surface area contributed by atoms with Crippen LogP contribution in [0.4, 0.5) is 11.4 Å². The van der Waals surface area contributed by atoms with Gasteiger partial charge in [0.2, 0.25) is 0 Å². The van der Waals surface area contributed by atoms with Crippen molar-refractivity contribution in [2.75, 3.05) is 11.1 Å². The summed E-state index contributed by atoms with van der Waals surface area (Å²) >= 11 is 5.74. The van der Waals surface area contributed by atoms with Gasteiger partial charge in [0.05, 0.1) is 11.4 Å².